The molecule has 1 fully saturated rings. The third kappa shape index (κ3) is 5.44. The molecule has 152 valence electrons. The molecular formula is C23H26N2O4. The van der Waals surface area contributed by atoms with Crippen molar-refractivity contribution < 1.29 is 19.1 Å². The first kappa shape index (κ1) is 20.6. The summed E-state index contributed by atoms with van der Waals surface area (Å²) < 4.78 is 4.74. The van der Waals surface area contributed by atoms with Gasteiger partial charge in [-0.25, -0.2) is 4.79 Å². The fourth-order valence-corrected chi connectivity index (χ4v) is 3.54. The summed E-state index contributed by atoms with van der Waals surface area (Å²) in [6, 6.07) is 13.4. The molecule has 0 saturated heterocycles. The van der Waals surface area contributed by atoms with E-state index in [9.17, 15) is 14.4 Å². The molecule has 2 amide bonds. The van der Waals surface area contributed by atoms with Crippen molar-refractivity contribution >= 4 is 23.5 Å². The van der Waals surface area contributed by atoms with Crippen molar-refractivity contribution in [2.45, 2.75) is 44.6 Å². The molecule has 0 spiro atoms. The van der Waals surface area contributed by atoms with Crippen LogP contribution in [0, 0.1) is 0 Å². The fraction of sp³-hybridized carbons (Fsp3) is 0.348. The van der Waals surface area contributed by atoms with E-state index >= 15 is 0 Å². The zero-order valence-electron chi connectivity index (χ0n) is 16.6. The van der Waals surface area contributed by atoms with Crippen molar-refractivity contribution in [1.82, 2.24) is 5.32 Å². The second-order valence-electron chi connectivity index (χ2n) is 7.23. The van der Waals surface area contributed by atoms with Crippen LogP contribution >= 0.6 is 0 Å². The van der Waals surface area contributed by atoms with Crippen LogP contribution in [-0.4, -0.2) is 30.9 Å². The standard InChI is InChI=1S/C23H26N2O4/c1-29-23(28)19-10-6-7-11-20(19)25-22(27)17-14-12-16(13-15-17)21(26)24-18-8-4-2-3-5-9-18/h6-7,10-15,18H,2-5,8-9H2,1H3,(H,24,26)(H,25,27). The number of ether oxygens (including phenoxy) is 1. The first-order valence-corrected chi connectivity index (χ1v) is 9.98. The Labute approximate surface area is 170 Å². The van der Waals surface area contributed by atoms with E-state index in [1.165, 1.54) is 20.0 Å². The third-order valence-electron chi connectivity index (χ3n) is 5.18. The number of esters is 1. The number of rotatable bonds is 5. The van der Waals surface area contributed by atoms with Gasteiger partial charge in [-0.3, -0.25) is 9.59 Å². The molecule has 0 atom stereocenters. The van der Waals surface area contributed by atoms with Gasteiger partial charge in [0.1, 0.15) is 0 Å². The number of amides is 2. The van der Waals surface area contributed by atoms with Gasteiger partial charge in [0.15, 0.2) is 0 Å². The molecule has 6 heteroatoms. The Bertz CT molecular complexity index is 869. The number of methoxy groups -OCH3 is 1. The topological polar surface area (TPSA) is 84.5 Å². The van der Waals surface area contributed by atoms with Gasteiger partial charge in [-0.15, -0.1) is 0 Å². The quantitative estimate of drug-likeness (QED) is 0.589. The molecule has 0 radical (unpaired) electrons. The Balaban J connectivity index is 1.64. The summed E-state index contributed by atoms with van der Waals surface area (Å²) in [6.07, 6.45) is 6.80. The minimum Gasteiger partial charge on any atom is -0.465 e. The molecule has 3 rings (SSSR count). The summed E-state index contributed by atoms with van der Waals surface area (Å²) in [4.78, 5) is 36.9. The van der Waals surface area contributed by atoms with E-state index in [1.807, 2.05) is 0 Å². The molecule has 6 nitrogen and oxygen atoms in total. The van der Waals surface area contributed by atoms with Gasteiger partial charge >= 0.3 is 5.97 Å². The normalized spacial score (nSPS) is 14.5. The SMILES string of the molecule is COC(=O)c1ccccc1NC(=O)c1ccc(C(=O)NC2CCCCCC2)cc1. The lowest BCUT2D eigenvalue weighted by Crippen LogP contribution is -2.34. The molecule has 1 aliphatic rings. The maximum Gasteiger partial charge on any atom is 0.339 e. The van der Waals surface area contributed by atoms with E-state index in [0.29, 0.717) is 16.8 Å². The Kier molecular flexibility index (Phi) is 7.00. The molecule has 2 aromatic rings. The number of carbonyl (C=O) groups excluding carboxylic acids is 3. The maximum absolute atomic E-state index is 12.5. The number of benzene rings is 2. The monoisotopic (exact) mass is 394 g/mol. The summed E-state index contributed by atoms with van der Waals surface area (Å²) in [7, 11) is 1.29. The predicted octanol–water partition coefficient (Wildman–Crippen LogP) is 4.18. The van der Waals surface area contributed by atoms with Gasteiger partial charge in [0, 0.05) is 17.2 Å². The van der Waals surface area contributed by atoms with Crippen LogP contribution in [0.3, 0.4) is 0 Å². The Hall–Kier alpha value is -3.15. The third-order valence-corrected chi connectivity index (χ3v) is 5.18. The highest BCUT2D eigenvalue weighted by molar-refractivity contribution is 6.08. The van der Waals surface area contributed by atoms with Gasteiger partial charge in [-0.1, -0.05) is 37.8 Å². The van der Waals surface area contributed by atoms with Gasteiger partial charge in [0.25, 0.3) is 11.8 Å². The smallest absolute Gasteiger partial charge is 0.339 e. The molecule has 0 aromatic heterocycles. The molecule has 0 heterocycles. The summed E-state index contributed by atoms with van der Waals surface area (Å²) >= 11 is 0. The minimum absolute atomic E-state index is 0.111. The summed E-state index contributed by atoms with van der Waals surface area (Å²) in [5.74, 6) is -0.997. The number of hydrogen-bond acceptors (Lipinski definition) is 4. The van der Waals surface area contributed by atoms with Crippen LogP contribution in [0.25, 0.3) is 0 Å². The van der Waals surface area contributed by atoms with Crippen LogP contribution in [0.1, 0.15) is 69.6 Å². The largest absolute Gasteiger partial charge is 0.465 e. The average Bonchev–Trinajstić information content (AvgIpc) is 3.02. The molecule has 0 bridgehead atoms. The number of carbonyl (C=O) groups is 3. The lowest BCUT2D eigenvalue weighted by molar-refractivity contribution is 0.0601. The summed E-state index contributed by atoms with van der Waals surface area (Å²) in [6.45, 7) is 0. The van der Waals surface area contributed by atoms with E-state index in [-0.39, 0.29) is 23.4 Å². The Morgan fingerprint density at radius 3 is 2.03 bits per heavy atom. The highest BCUT2D eigenvalue weighted by Gasteiger charge is 2.17. The maximum atomic E-state index is 12.5. The van der Waals surface area contributed by atoms with E-state index in [4.69, 9.17) is 4.74 Å². The van der Waals surface area contributed by atoms with Crippen molar-refractivity contribution in [3.8, 4) is 0 Å². The zero-order valence-corrected chi connectivity index (χ0v) is 16.6. The van der Waals surface area contributed by atoms with Crippen molar-refractivity contribution in [2.75, 3.05) is 12.4 Å². The molecule has 0 unspecified atom stereocenters. The van der Waals surface area contributed by atoms with Crippen LogP contribution in [0.15, 0.2) is 48.5 Å². The number of hydrogen-bond donors (Lipinski definition) is 2. The number of nitrogens with one attached hydrogen (secondary N) is 2. The van der Waals surface area contributed by atoms with Crippen molar-refractivity contribution in [1.29, 1.82) is 0 Å². The van der Waals surface area contributed by atoms with Gasteiger partial charge in [0.2, 0.25) is 0 Å². The predicted molar refractivity (Wildman–Crippen MR) is 111 cm³/mol. The van der Waals surface area contributed by atoms with Crippen LogP contribution in [0.2, 0.25) is 0 Å². The van der Waals surface area contributed by atoms with Crippen molar-refractivity contribution in [2.24, 2.45) is 0 Å². The molecule has 2 aromatic carbocycles. The second kappa shape index (κ2) is 9.87. The molecule has 2 N–H and O–H groups in total. The van der Waals surface area contributed by atoms with Crippen molar-refractivity contribution in [3.05, 3.63) is 65.2 Å². The van der Waals surface area contributed by atoms with Crippen LogP contribution < -0.4 is 10.6 Å². The summed E-state index contributed by atoms with van der Waals surface area (Å²) in [5, 5.41) is 5.82. The first-order valence-electron chi connectivity index (χ1n) is 9.98. The molecular weight excluding hydrogens is 368 g/mol. The van der Waals surface area contributed by atoms with E-state index < -0.39 is 5.97 Å². The molecule has 0 aliphatic heterocycles. The average molecular weight is 394 g/mol. The highest BCUT2D eigenvalue weighted by Crippen LogP contribution is 2.19. The van der Waals surface area contributed by atoms with Gasteiger partial charge < -0.3 is 15.4 Å². The molecule has 1 aliphatic carbocycles. The molecule has 29 heavy (non-hydrogen) atoms. The lowest BCUT2D eigenvalue weighted by Gasteiger charge is -2.16. The van der Waals surface area contributed by atoms with Gasteiger partial charge in [-0.05, 0) is 49.2 Å². The highest BCUT2D eigenvalue weighted by atomic mass is 16.5. The molecule has 1 saturated carbocycles. The van der Waals surface area contributed by atoms with E-state index in [1.54, 1.807) is 48.5 Å². The van der Waals surface area contributed by atoms with Crippen LogP contribution in [0.5, 0.6) is 0 Å². The van der Waals surface area contributed by atoms with Crippen LogP contribution in [-0.2, 0) is 4.74 Å². The van der Waals surface area contributed by atoms with Crippen molar-refractivity contribution in [3.63, 3.8) is 0 Å². The Morgan fingerprint density at radius 1 is 0.828 bits per heavy atom. The number of anilines is 1. The van der Waals surface area contributed by atoms with E-state index in [0.717, 1.165) is 25.7 Å². The number of para-hydroxylation sites is 1. The summed E-state index contributed by atoms with van der Waals surface area (Å²) in [5.41, 5.74) is 1.58. The lowest BCUT2D eigenvalue weighted by atomic mass is 10.1. The van der Waals surface area contributed by atoms with Gasteiger partial charge in [0.05, 0.1) is 18.4 Å². The van der Waals surface area contributed by atoms with Crippen LogP contribution in [0.4, 0.5) is 5.69 Å². The zero-order chi connectivity index (χ0) is 20.6. The second-order valence-corrected chi connectivity index (χ2v) is 7.23. The van der Waals surface area contributed by atoms with Gasteiger partial charge in [-0.2, -0.15) is 0 Å². The Morgan fingerprint density at radius 2 is 1.41 bits per heavy atom. The minimum atomic E-state index is -0.522. The van der Waals surface area contributed by atoms with E-state index in [2.05, 4.69) is 10.6 Å². The first-order chi connectivity index (χ1) is 14.1. The fourth-order valence-electron chi connectivity index (χ4n) is 3.54.